The zero-order valence-corrected chi connectivity index (χ0v) is 16.3. The van der Waals surface area contributed by atoms with Crippen molar-refractivity contribution in [2.75, 3.05) is 0 Å². The van der Waals surface area contributed by atoms with Gasteiger partial charge in [-0.3, -0.25) is 0 Å². The number of benzene rings is 2. The Bertz CT molecular complexity index is 1010. The number of halogens is 1. The molecule has 6 nitrogen and oxygen atoms in total. The second-order valence-corrected chi connectivity index (χ2v) is 7.65. The van der Waals surface area contributed by atoms with Gasteiger partial charge in [-0.05, 0) is 62.6 Å². The summed E-state index contributed by atoms with van der Waals surface area (Å²) in [7, 11) is 0. The van der Waals surface area contributed by atoms with Gasteiger partial charge in [-0.2, -0.15) is 0 Å². The highest BCUT2D eigenvalue weighted by atomic mass is 19.2. The molecule has 0 aliphatic carbocycles. The summed E-state index contributed by atoms with van der Waals surface area (Å²) in [6.45, 7) is 6.49. The van der Waals surface area contributed by atoms with Crippen LogP contribution < -0.4 is 0 Å². The number of aliphatic hydroxyl groups excluding tert-OH is 1. The van der Waals surface area contributed by atoms with Crippen LogP contribution in [0.3, 0.4) is 0 Å². The van der Waals surface area contributed by atoms with E-state index in [2.05, 4.69) is 5.16 Å². The van der Waals surface area contributed by atoms with Crippen molar-refractivity contribution in [1.82, 2.24) is 10.3 Å². The van der Waals surface area contributed by atoms with Crippen LogP contribution in [0.4, 0.5) is 9.28 Å². The fourth-order valence-corrected chi connectivity index (χ4v) is 2.90. The molecule has 0 fully saturated rings. The standard InChI is InChI=1S/C21H23FN2O4/c1-13-17-9-15(12-25)10-18(19(17)28-23-13)16-7-5-6-14(8-16)11-24(22)20(26)27-21(2,3)4/h5-10,25H,11-12H2,1-4H3. The molecule has 3 rings (SSSR count). The molecule has 0 unspecified atom stereocenters. The topological polar surface area (TPSA) is 75.8 Å². The number of amides is 1. The molecule has 1 aromatic heterocycles. The predicted molar refractivity (Wildman–Crippen MR) is 103 cm³/mol. The molecular weight excluding hydrogens is 363 g/mol. The number of aliphatic hydroxyl groups is 1. The van der Waals surface area contributed by atoms with E-state index < -0.39 is 11.7 Å². The lowest BCUT2D eigenvalue weighted by Gasteiger charge is -2.22. The lowest BCUT2D eigenvalue weighted by Crippen LogP contribution is -2.31. The monoisotopic (exact) mass is 386 g/mol. The number of nitrogens with zero attached hydrogens (tertiary/aromatic N) is 2. The molecule has 28 heavy (non-hydrogen) atoms. The number of hydrogen-bond donors (Lipinski definition) is 1. The molecule has 148 valence electrons. The second kappa shape index (κ2) is 7.59. The fourth-order valence-electron chi connectivity index (χ4n) is 2.90. The lowest BCUT2D eigenvalue weighted by molar-refractivity contribution is -0.0350. The molecule has 0 aliphatic rings. The third kappa shape index (κ3) is 4.31. The second-order valence-electron chi connectivity index (χ2n) is 7.65. The van der Waals surface area contributed by atoms with Crippen LogP contribution in [0.2, 0.25) is 0 Å². The minimum absolute atomic E-state index is 0.0443. The summed E-state index contributed by atoms with van der Waals surface area (Å²) in [5.74, 6) is 0. The molecule has 3 aromatic rings. The number of carbonyl (C=O) groups excluding carboxylic acids is 1. The number of fused-ring (bicyclic) bond motifs is 1. The number of rotatable bonds is 4. The Morgan fingerprint density at radius 2 is 2.00 bits per heavy atom. The van der Waals surface area contributed by atoms with Gasteiger partial charge in [0.05, 0.1) is 18.8 Å². The van der Waals surface area contributed by atoms with E-state index in [0.717, 1.165) is 27.8 Å². The van der Waals surface area contributed by atoms with Crippen molar-refractivity contribution in [3.05, 3.63) is 53.2 Å². The van der Waals surface area contributed by atoms with Gasteiger partial charge in [0.25, 0.3) is 0 Å². The van der Waals surface area contributed by atoms with Crippen molar-refractivity contribution in [3.8, 4) is 11.1 Å². The van der Waals surface area contributed by atoms with Crippen molar-refractivity contribution in [3.63, 3.8) is 0 Å². The normalized spacial score (nSPS) is 11.6. The molecule has 0 spiro atoms. The molecule has 1 N–H and O–H groups in total. The summed E-state index contributed by atoms with van der Waals surface area (Å²) in [5, 5.41) is 14.4. The first-order valence-corrected chi connectivity index (χ1v) is 8.93. The molecule has 0 radical (unpaired) electrons. The minimum Gasteiger partial charge on any atom is -0.442 e. The van der Waals surface area contributed by atoms with E-state index in [0.29, 0.717) is 11.1 Å². The zero-order chi connectivity index (χ0) is 20.5. The molecule has 0 atom stereocenters. The highest BCUT2D eigenvalue weighted by Crippen LogP contribution is 2.32. The van der Waals surface area contributed by atoms with Crippen LogP contribution in [0.1, 0.15) is 37.6 Å². The first-order valence-electron chi connectivity index (χ1n) is 8.93. The minimum atomic E-state index is -1.03. The molecule has 7 heteroatoms. The van der Waals surface area contributed by atoms with E-state index in [1.54, 1.807) is 39.0 Å². The molecule has 0 bridgehead atoms. The summed E-state index contributed by atoms with van der Waals surface area (Å²) >= 11 is 0. The zero-order valence-electron chi connectivity index (χ0n) is 16.3. The average molecular weight is 386 g/mol. The molecule has 2 aromatic carbocycles. The van der Waals surface area contributed by atoms with Crippen molar-refractivity contribution in [1.29, 1.82) is 0 Å². The van der Waals surface area contributed by atoms with E-state index >= 15 is 0 Å². The van der Waals surface area contributed by atoms with E-state index in [4.69, 9.17) is 9.26 Å². The fraction of sp³-hybridized carbons (Fsp3) is 0.333. The van der Waals surface area contributed by atoms with Crippen LogP contribution in [0.15, 0.2) is 40.9 Å². The van der Waals surface area contributed by atoms with Gasteiger partial charge >= 0.3 is 6.09 Å². The summed E-state index contributed by atoms with van der Waals surface area (Å²) in [6.07, 6.45) is -1.03. The lowest BCUT2D eigenvalue weighted by atomic mass is 9.98. The average Bonchev–Trinajstić information content (AvgIpc) is 3.00. The van der Waals surface area contributed by atoms with Crippen LogP contribution >= 0.6 is 0 Å². The van der Waals surface area contributed by atoms with Crippen LogP contribution in [0.25, 0.3) is 22.1 Å². The maximum atomic E-state index is 14.2. The molecule has 0 aliphatic heterocycles. The van der Waals surface area contributed by atoms with E-state index in [1.165, 1.54) is 0 Å². The summed E-state index contributed by atoms with van der Waals surface area (Å²) in [5.41, 5.74) is 3.37. The first-order chi connectivity index (χ1) is 13.2. The Hall–Kier alpha value is -2.93. The highest BCUT2D eigenvalue weighted by Gasteiger charge is 2.22. The molecule has 0 saturated carbocycles. The molecule has 0 saturated heterocycles. The number of aromatic nitrogens is 1. The molecule has 1 heterocycles. The highest BCUT2D eigenvalue weighted by molar-refractivity contribution is 5.94. The number of carbonyl (C=O) groups is 1. The van der Waals surface area contributed by atoms with Crippen molar-refractivity contribution < 1.29 is 23.6 Å². The van der Waals surface area contributed by atoms with Gasteiger partial charge in [-0.1, -0.05) is 27.8 Å². The third-order valence-corrected chi connectivity index (χ3v) is 4.15. The first kappa shape index (κ1) is 19.8. The SMILES string of the molecule is Cc1noc2c(-c3cccc(CN(F)C(=O)OC(C)(C)C)c3)cc(CO)cc12. The van der Waals surface area contributed by atoms with Gasteiger partial charge in [0.1, 0.15) is 5.60 Å². The van der Waals surface area contributed by atoms with Gasteiger partial charge in [-0.15, -0.1) is 5.12 Å². The van der Waals surface area contributed by atoms with E-state index in [-0.39, 0.29) is 18.3 Å². The summed E-state index contributed by atoms with van der Waals surface area (Å²) in [4.78, 5) is 11.9. The van der Waals surface area contributed by atoms with Crippen molar-refractivity contribution in [2.24, 2.45) is 0 Å². The van der Waals surface area contributed by atoms with Gasteiger partial charge in [0.15, 0.2) is 5.58 Å². The Morgan fingerprint density at radius 1 is 1.25 bits per heavy atom. The largest absolute Gasteiger partial charge is 0.442 e. The Labute approximate surface area is 162 Å². The Balaban J connectivity index is 1.92. The van der Waals surface area contributed by atoms with Crippen LogP contribution in [-0.4, -0.2) is 27.1 Å². The summed E-state index contributed by atoms with van der Waals surface area (Å²) < 4.78 is 24.7. The van der Waals surface area contributed by atoms with E-state index in [1.807, 2.05) is 25.1 Å². The maximum Gasteiger partial charge on any atom is 0.438 e. The van der Waals surface area contributed by atoms with Crippen molar-refractivity contribution in [2.45, 2.75) is 46.4 Å². The maximum absolute atomic E-state index is 14.2. The van der Waals surface area contributed by atoms with Gasteiger partial charge in [0.2, 0.25) is 0 Å². The quantitative estimate of drug-likeness (QED) is 0.644. The Kier molecular flexibility index (Phi) is 5.38. The third-order valence-electron chi connectivity index (χ3n) is 4.15. The van der Waals surface area contributed by atoms with Crippen LogP contribution in [0, 0.1) is 6.92 Å². The smallest absolute Gasteiger partial charge is 0.438 e. The van der Waals surface area contributed by atoms with Gasteiger partial charge in [-0.25, -0.2) is 4.79 Å². The Morgan fingerprint density at radius 3 is 2.68 bits per heavy atom. The van der Waals surface area contributed by atoms with Crippen LogP contribution in [-0.2, 0) is 17.9 Å². The van der Waals surface area contributed by atoms with Crippen LogP contribution in [0.5, 0.6) is 0 Å². The number of aryl methyl sites for hydroxylation is 1. The number of hydrogen-bond acceptors (Lipinski definition) is 5. The molecular formula is C21H23FN2O4. The summed E-state index contributed by atoms with van der Waals surface area (Å²) in [6, 6.07) is 10.8. The van der Waals surface area contributed by atoms with Gasteiger partial charge in [0, 0.05) is 10.9 Å². The predicted octanol–water partition coefficient (Wildman–Crippen LogP) is 4.92. The van der Waals surface area contributed by atoms with Crippen molar-refractivity contribution >= 4 is 17.1 Å². The van der Waals surface area contributed by atoms with E-state index in [9.17, 15) is 14.4 Å². The number of ether oxygens (including phenoxy) is 1. The molecule has 1 amide bonds. The van der Waals surface area contributed by atoms with Gasteiger partial charge < -0.3 is 14.4 Å².